The smallest absolute Gasteiger partial charge is 0.156 e. The molecule has 1 saturated heterocycles. The Morgan fingerprint density at radius 3 is 3.07 bits per heavy atom. The van der Waals surface area contributed by atoms with Crippen LogP contribution in [-0.2, 0) is 0 Å². The number of hydrogen-bond acceptors (Lipinski definition) is 3. The van der Waals surface area contributed by atoms with Gasteiger partial charge in [0.25, 0.3) is 0 Å². The van der Waals surface area contributed by atoms with Crippen LogP contribution in [0.15, 0.2) is 4.99 Å². The molecule has 0 aromatic carbocycles. The summed E-state index contributed by atoms with van der Waals surface area (Å²) >= 11 is 3.78. The molecule has 0 saturated carbocycles. The van der Waals surface area contributed by atoms with Gasteiger partial charge in [0, 0.05) is 23.6 Å². The maximum absolute atomic E-state index is 4.56. The molecule has 1 rings (SSSR count). The van der Waals surface area contributed by atoms with Gasteiger partial charge in [0.1, 0.15) is 0 Å². The minimum Gasteiger partial charge on any atom is -0.361 e. The molecule has 4 heteroatoms. The van der Waals surface area contributed by atoms with Gasteiger partial charge < -0.3 is 5.32 Å². The molecule has 0 aliphatic carbocycles. The third-order valence-electron chi connectivity index (χ3n) is 2.44. The molecule has 2 nitrogen and oxygen atoms in total. The zero-order chi connectivity index (χ0) is 10.4. The molecule has 1 N–H and O–H groups in total. The van der Waals surface area contributed by atoms with Crippen molar-refractivity contribution in [3.8, 4) is 0 Å². The third-order valence-corrected chi connectivity index (χ3v) is 4.56. The molecule has 1 heterocycles. The van der Waals surface area contributed by atoms with Crippen LogP contribution in [0.1, 0.15) is 26.7 Å². The Morgan fingerprint density at radius 1 is 1.71 bits per heavy atom. The summed E-state index contributed by atoms with van der Waals surface area (Å²) in [6.07, 6.45) is 4.55. The molecular weight excluding hydrogens is 212 g/mol. The van der Waals surface area contributed by atoms with E-state index < -0.39 is 0 Å². The maximum Gasteiger partial charge on any atom is 0.156 e. The zero-order valence-corrected chi connectivity index (χ0v) is 10.9. The summed E-state index contributed by atoms with van der Waals surface area (Å²) in [6.45, 7) is 5.44. The fourth-order valence-corrected chi connectivity index (χ4v) is 2.67. The van der Waals surface area contributed by atoms with Crippen molar-refractivity contribution in [3.05, 3.63) is 0 Å². The first-order valence-electron chi connectivity index (χ1n) is 5.22. The monoisotopic (exact) mass is 232 g/mol. The first kappa shape index (κ1) is 12.2. The number of nitrogens with zero attached hydrogens (tertiary/aromatic N) is 1. The molecule has 14 heavy (non-hydrogen) atoms. The van der Waals surface area contributed by atoms with E-state index in [1.54, 1.807) is 0 Å². The molecule has 0 bridgehead atoms. The second-order valence-corrected chi connectivity index (χ2v) is 5.87. The van der Waals surface area contributed by atoms with E-state index >= 15 is 0 Å². The average Bonchev–Trinajstić information content (AvgIpc) is 2.65. The van der Waals surface area contributed by atoms with Crippen molar-refractivity contribution in [2.45, 2.75) is 38.0 Å². The quantitative estimate of drug-likeness (QED) is 0.788. The van der Waals surface area contributed by atoms with E-state index in [1.165, 1.54) is 18.6 Å². The molecule has 1 aliphatic rings. The number of rotatable bonds is 5. The highest BCUT2D eigenvalue weighted by Crippen LogP contribution is 2.16. The molecule has 1 fully saturated rings. The Morgan fingerprint density at radius 2 is 2.50 bits per heavy atom. The summed E-state index contributed by atoms with van der Waals surface area (Å²) in [5.41, 5.74) is 0. The predicted octanol–water partition coefficient (Wildman–Crippen LogP) is 2.60. The van der Waals surface area contributed by atoms with Gasteiger partial charge in [0.2, 0.25) is 0 Å². The van der Waals surface area contributed by atoms with E-state index in [9.17, 15) is 0 Å². The zero-order valence-electron chi connectivity index (χ0n) is 9.25. The van der Waals surface area contributed by atoms with Crippen LogP contribution in [0.2, 0.25) is 0 Å². The Balaban J connectivity index is 2.19. The summed E-state index contributed by atoms with van der Waals surface area (Å²) < 4.78 is 0. The Kier molecular flexibility index (Phi) is 5.78. The van der Waals surface area contributed by atoms with Crippen LogP contribution in [0, 0.1) is 0 Å². The molecule has 1 aliphatic heterocycles. The summed E-state index contributed by atoms with van der Waals surface area (Å²) in [6, 6.07) is 0.650. The number of aliphatic imine (C=N–C) groups is 1. The number of hydrogen-bond donors (Lipinski definition) is 1. The van der Waals surface area contributed by atoms with Crippen LogP contribution in [-0.4, -0.2) is 35.0 Å². The highest BCUT2D eigenvalue weighted by molar-refractivity contribution is 8.14. The molecule has 82 valence electrons. The number of thioether (sulfide) groups is 2. The molecule has 0 aromatic rings. The van der Waals surface area contributed by atoms with Gasteiger partial charge in [0.15, 0.2) is 5.17 Å². The predicted molar refractivity (Wildman–Crippen MR) is 69.6 cm³/mol. The van der Waals surface area contributed by atoms with Crippen LogP contribution < -0.4 is 5.32 Å². The molecule has 0 spiro atoms. The largest absolute Gasteiger partial charge is 0.361 e. The van der Waals surface area contributed by atoms with Crippen LogP contribution in [0.3, 0.4) is 0 Å². The van der Waals surface area contributed by atoms with Gasteiger partial charge in [-0.1, -0.05) is 25.6 Å². The van der Waals surface area contributed by atoms with Crippen molar-refractivity contribution in [2.24, 2.45) is 4.99 Å². The van der Waals surface area contributed by atoms with Crippen molar-refractivity contribution in [1.29, 1.82) is 0 Å². The highest BCUT2D eigenvalue weighted by Gasteiger charge is 2.17. The summed E-state index contributed by atoms with van der Waals surface area (Å²) in [5.74, 6) is 1.19. The van der Waals surface area contributed by atoms with Gasteiger partial charge in [-0.15, -0.1) is 0 Å². The lowest BCUT2D eigenvalue weighted by molar-refractivity contribution is 0.666. The Hall–Kier alpha value is 0.170. The van der Waals surface area contributed by atoms with Gasteiger partial charge in [-0.3, -0.25) is 4.99 Å². The third kappa shape index (κ3) is 4.13. The van der Waals surface area contributed by atoms with E-state index in [4.69, 9.17) is 0 Å². The maximum atomic E-state index is 4.56. The van der Waals surface area contributed by atoms with Gasteiger partial charge in [-0.25, -0.2) is 0 Å². The fourth-order valence-electron chi connectivity index (χ4n) is 1.21. The number of nitrogens with one attached hydrogen (secondary N) is 1. The summed E-state index contributed by atoms with van der Waals surface area (Å²) in [4.78, 5) is 4.56. The van der Waals surface area contributed by atoms with Gasteiger partial charge in [-0.2, -0.15) is 11.8 Å². The van der Waals surface area contributed by atoms with Crippen molar-refractivity contribution in [2.75, 3.05) is 18.6 Å². The average molecular weight is 232 g/mol. The van der Waals surface area contributed by atoms with Crippen molar-refractivity contribution < 1.29 is 0 Å². The molecule has 0 radical (unpaired) electrons. The second-order valence-electron chi connectivity index (χ2n) is 3.58. The lowest BCUT2D eigenvalue weighted by Crippen LogP contribution is -2.26. The minimum absolute atomic E-state index is 0.650. The van der Waals surface area contributed by atoms with E-state index in [0.29, 0.717) is 6.04 Å². The van der Waals surface area contributed by atoms with E-state index in [-0.39, 0.29) is 0 Å². The van der Waals surface area contributed by atoms with Gasteiger partial charge in [-0.05, 0) is 19.1 Å². The molecule has 0 aromatic heterocycles. The Labute approximate surface area is 95.7 Å². The van der Waals surface area contributed by atoms with Crippen molar-refractivity contribution in [3.63, 3.8) is 0 Å². The highest BCUT2D eigenvalue weighted by atomic mass is 32.2. The fraction of sp³-hybridized carbons (Fsp3) is 0.900. The first-order valence-corrected chi connectivity index (χ1v) is 7.50. The van der Waals surface area contributed by atoms with E-state index in [2.05, 4.69) is 30.4 Å². The van der Waals surface area contributed by atoms with Crippen LogP contribution in [0.25, 0.3) is 0 Å². The normalized spacial score (nSPS) is 26.5. The summed E-state index contributed by atoms with van der Waals surface area (Å²) in [7, 11) is 0. The Bertz CT molecular complexity index is 195. The minimum atomic E-state index is 0.650. The lowest BCUT2D eigenvalue weighted by atomic mass is 10.3. The van der Waals surface area contributed by atoms with Gasteiger partial charge in [0.05, 0.1) is 0 Å². The van der Waals surface area contributed by atoms with Crippen molar-refractivity contribution >= 4 is 28.7 Å². The van der Waals surface area contributed by atoms with Crippen LogP contribution in [0.5, 0.6) is 0 Å². The van der Waals surface area contributed by atoms with Crippen LogP contribution in [0.4, 0.5) is 0 Å². The molecule has 2 atom stereocenters. The first-order chi connectivity index (χ1) is 6.76. The summed E-state index contributed by atoms with van der Waals surface area (Å²) in [5, 5.41) is 5.33. The molecule has 2 unspecified atom stereocenters. The van der Waals surface area contributed by atoms with Crippen molar-refractivity contribution in [1.82, 2.24) is 5.32 Å². The SMILES string of the molecule is CCC1CSC(=NCCC(C)SC)N1. The second kappa shape index (κ2) is 6.62. The van der Waals surface area contributed by atoms with Crippen LogP contribution >= 0.6 is 23.5 Å². The molecular formula is C10H20N2S2. The lowest BCUT2D eigenvalue weighted by Gasteiger charge is -2.06. The topological polar surface area (TPSA) is 24.4 Å². The van der Waals surface area contributed by atoms with E-state index in [1.807, 2.05) is 23.5 Å². The van der Waals surface area contributed by atoms with E-state index in [0.717, 1.165) is 17.0 Å². The van der Waals surface area contributed by atoms with Gasteiger partial charge >= 0.3 is 0 Å². The standard InChI is InChI=1S/C10H20N2S2/c1-4-9-7-14-10(12-9)11-6-5-8(2)13-3/h8-9H,4-7H2,1-3H3,(H,11,12). The number of amidine groups is 1. The molecule has 0 amide bonds.